The Morgan fingerprint density at radius 3 is 2.74 bits per heavy atom. The summed E-state index contributed by atoms with van der Waals surface area (Å²) in [5.74, 6) is 0.726. The third kappa shape index (κ3) is 4.49. The topological polar surface area (TPSA) is 54.2 Å². The second kappa shape index (κ2) is 8.27. The van der Waals surface area contributed by atoms with Crippen LogP contribution in [0.3, 0.4) is 0 Å². The van der Waals surface area contributed by atoms with E-state index >= 15 is 0 Å². The summed E-state index contributed by atoms with van der Waals surface area (Å²) in [4.78, 5) is 12.3. The van der Waals surface area contributed by atoms with E-state index in [0.29, 0.717) is 0 Å². The van der Waals surface area contributed by atoms with Gasteiger partial charge >= 0.3 is 0 Å². The number of hydrogen-bond acceptors (Lipinski definition) is 4. The molecule has 0 fully saturated rings. The van der Waals surface area contributed by atoms with Gasteiger partial charge in [0.25, 0.3) is 0 Å². The molecule has 0 aliphatic heterocycles. The SMILES string of the molecule is CCCCc1ccc(N=Cc2ccc(Sc3nc4ccccc4[nH]3)o2)cc1. The van der Waals surface area contributed by atoms with E-state index in [1.807, 2.05) is 36.4 Å². The lowest BCUT2D eigenvalue weighted by atomic mass is 10.1. The van der Waals surface area contributed by atoms with Crippen molar-refractivity contribution in [3.05, 3.63) is 72.0 Å². The van der Waals surface area contributed by atoms with Crippen LogP contribution >= 0.6 is 11.8 Å². The van der Waals surface area contributed by atoms with Crippen LogP contribution in [0.1, 0.15) is 31.1 Å². The van der Waals surface area contributed by atoms with Crippen LogP contribution in [-0.2, 0) is 6.42 Å². The minimum Gasteiger partial charge on any atom is -0.448 e. The quantitative estimate of drug-likeness (QED) is 0.380. The molecule has 0 bridgehead atoms. The number of hydrogen-bond donors (Lipinski definition) is 1. The lowest BCUT2D eigenvalue weighted by Gasteiger charge is -1.99. The maximum Gasteiger partial charge on any atom is 0.174 e. The van der Waals surface area contributed by atoms with E-state index in [-0.39, 0.29) is 0 Å². The van der Waals surface area contributed by atoms with Gasteiger partial charge in [-0.05, 0) is 66.6 Å². The highest BCUT2D eigenvalue weighted by molar-refractivity contribution is 7.99. The first-order valence-electron chi connectivity index (χ1n) is 9.15. The Morgan fingerprint density at radius 2 is 1.93 bits per heavy atom. The predicted molar refractivity (Wildman–Crippen MR) is 111 cm³/mol. The fourth-order valence-corrected chi connectivity index (χ4v) is 3.57. The van der Waals surface area contributed by atoms with Gasteiger partial charge in [-0.15, -0.1) is 0 Å². The van der Waals surface area contributed by atoms with Gasteiger partial charge in [0.15, 0.2) is 10.2 Å². The largest absolute Gasteiger partial charge is 0.448 e. The zero-order valence-electron chi connectivity index (χ0n) is 15.2. The average Bonchev–Trinajstić information content (AvgIpc) is 3.32. The van der Waals surface area contributed by atoms with Crippen LogP contribution in [0.15, 0.2) is 80.3 Å². The molecule has 1 N–H and O–H groups in total. The molecule has 136 valence electrons. The number of nitrogens with zero attached hydrogens (tertiary/aromatic N) is 2. The zero-order chi connectivity index (χ0) is 18.5. The second-order valence-electron chi connectivity index (χ2n) is 6.35. The number of aromatic nitrogens is 2. The first-order valence-corrected chi connectivity index (χ1v) is 9.97. The van der Waals surface area contributed by atoms with Crippen molar-refractivity contribution in [2.45, 2.75) is 36.4 Å². The van der Waals surface area contributed by atoms with E-state index in [1.165, 1.54) is 30.2 Å². The van der Waals surface area contributed by atoms with Gasteiger partial charge < -0.3 is 9.40 Å². The average molecular weight is 375 g/mol. The molecule has 2 heterocycles. The molecule has 0 saturated heterocycles. The minimum absolute atomic E-state index is 0.726. The second-order valence-corrected chi connectivity index (χ2v) is 7.34. The molecule has 4 aromatic rings. The summed E-state index contributed by atoms with van der Waals surface area (Å²) in [6.45, 7) is 2.21. The normalized spacial score (nSPS) is 11.6. The molecule has 0 spiro atoms. The summed E-state index contributed by atoms with van der Waals surface area (Å²) in [7, 11) is 0. The molecule has 5 heteroatoms. The molecule has 0 atom stereocenters. The summed E-state index contributed by atoms with van der Waals surface area (Å²) in [5.41, 5.74) is 4.27. The van der Waals surface area contributed by atoms with Crippen LogP contribution in [-0.4, -0.2) is 16.2 Å². The Balaban J connectivity index is 1.40. The Hall–Kier alpha value is -2.79. The van der Waals surface area contributed by atoms with Gasteiger partial charge in [0.2, 0.25) is 0 Å². The zero-order valence-corrected chi connectivity index (χ0v) is 16.0. The van der Waals surface area contributed by atoms with Crippen molar-refractivity contribution in [1.82, 2.24) is 9.97 Å². The maximum atomic E-state index is 5.84. The van der Waals surface area contributed by atoms with Gasteiger partial charge in [0.05, 0.1) is 22.9 Å². The van der Waals surface area contributed by atoms with Gasteiger partial charge in [-0.3, -0.25) is 4.99 Å². The minimum atomic E-state index is 0.726. The number of rotatable bonds is 7. The number of para-hydroxylation sites is 2. The monoisotopic (exact) mass is 375 g/mol. The summed E-state index contributed by atoms with van der Waals surface area (Å²) < 4.78 is 5.84. The van der Waals surface area contributed by atoms with Gasteiger partial charge in [0.1, 0.15) is 5.76 Å². The van der Waals surface area contributed by atoms with Crippen molar-refractivity contribution in [2.75, 3.05) is 0 Å². The van der Waals surface area contributed by atoms with Gasteiger partial charge in [-0.1, -0.05) is 37.6 Å². The number of furan rings is 1. The lowest BCUT2D eigenvalue weighted by molar-refractivity contribution is 0.468. The number of aliphatic imine (C=N–C) groups is 1. The van der Waals surface area contributed by atoms with E-state index in [9.17, 15) is 0 Å². The number of aryl methyl sites for hydroxylation is 1. The third-order valence-electron chi connectivity index (χ3n) is 4.26. The Labute approximate surface area is 162 Å². The number of fused-ring (bicyclic) bond motifs is 1. The van der Waals surface area contributed by atoms with Crippen molar-refractivity contribution in [3.63, 3.8) is 0 Å². The van der Waals surface area contributed by atoms with E-state index in [1.54, 1.807) is 6.21 Å². The van der Waals surface area contributed by atoms with Gasteiger partial charge in [-0.2, -0.15) is 0 Å². The van der Waals surface area contributed by atoms with Crippen LogP contribution in [0.2, 0.25) is 0 Å². The third-order valence-corrected chi connectivity index (χ3v) is 5.07. The maximum absolute atomic E-state index is 5.84. The molecular weight excluding hydrogens is 354 g/mol. The number of benzene rings is 2. The molecular formula is C22H21N3OS. The number of H-pyrrole nitrogens is 1. The standard InChI is InChI=1S/C22H21N3OS/c1-2-3-6-16-9-11-17(12-10-16)23-15-18-13-14-21(26-18)27-22-24-19-7-4-5-8-20(19)25-22/h4-5,7-15H,2-3,6H2,1H3,(H,24,25). The van der Waals surface area contributed by atoms with E-state index in [0.717, 1.165) is 39.2 Å². The highest BCUT2D eigenvalue weighted by Gasteiger charge is 2.07. The molecule has 0 aliphatic carbocycles. The van der Waals surface area contributed by atoms with Gasteiger partial charge in [-0.25, -0.2) is 4.98 Å². The molecule has 2 aromatic carbocycles. The summed E-state index contributed by atoms with van der Waals surface area (Å²) >= 11 is 1.47. The molecule has 0 radical (unpaired) electrons. The number of aromatic amines is 1. The summed E-state index contributed by atoms with van der Waals surface area (Å²) in [6, 6.07) is 20.2. The molecule has 27 heavy (non-hydrogen) atoms. The molecule has 4 rings (SSSR count). The van der Waals surface area contributed by atoms with Crippen LogP contribution in [0, 0.1) is 0 Å². The lowest BCUT2D eigenvalue weighted by Crippen LogP contribution is -1.83. The number of imidazole rings is 1. The van der Waals surface area contributed by atoms with E-state index < -0.39 is 0 Å². The number of nitrogens with one attached hydrogen (secondary N) is 1. The van der Waals surface area contributed by atoms with Crippen LogP contribution in [0.5, 0.6) is 0 Å². The highest BCUT2D eigenvalue weighted by Crippen LogP contribution is 2.28. The van der Waals surface area contributed by atoms with Crippen LogP contribution in [0.25, 0.3) is 11.0 Å². The molecule has 4 nitrogen and oxygen atoms in total. The van der Waals surface area contributed by atoms with Crippen molar-refractivity contribution in [2.24, 2.45) is 4.99 Å². The first-order chi connectivity index (χ1) is 13.3. The smallest absolute Gasteiger partial charge is 0.174 e. The predicted octanol–water partition coefficient (Wildman–Crippen LogP) is 6.40. The van der Waals surface area contributed by atoms with Crippen molar-refractivity contribution in [3.8, 4) is 0 Å². The first kappa shape index (κ1) is 17.6. The summed E-state index contributed by atoms with van der Waals surface area (Å²) in [6.07, 6.45) is 5.32. The van der Waals surface area contributed by atoms with E-state index in [2.05, 4.69) is 46.1 Å². The summed E-state index contributed by atoms with van der Waals surface area (Å²) in [5, 5.41) is 1.60. The Bertz CT molecular complexity index is 1010. The molecule has 0 unspecified atom stereocenters. The molecule has 0 amide bonds. The number of unbranched alkanes of at least 4 members (excludes halogenated alkanes) is 1. The molecule has 2 aromatic heterocycles. The fourth-order valence-electron chi connectivity index (χ4n) is 2.80. The Morgan fingerprint density at radius 1 is 1.07 bits per heavy atom. The van der Waals surface area contributed by atoms with Crippen molar-refractivity contribution in [1.29, 1.82) is 0 Å². The van der Waals surface area contributed by atoms with Crippen molar-refractivity contribution >= 4 is 34.7 Å². The molecule has 0 aliphatic rings. The van der Waals surface area contributed by atoms with Crippen molar-refractivity contribution < 1.29 is 4.42 Å². The fraction of sp³-hybridized carbons (Fsp3) is 0.182. The highest BCUT2D eigenvalue weighted by atomic mass is 32.2. The van der Waals surface area contributed by atoms with Gasteiger partial charge in [0, 0.05) is 0 Å². The van der Waals surface area contributed by atoms with E-state index in [4.69, 9.17) is 4.42 Å². The Kier molecular flexibility index (Phi) is 5.39. The molecule has 0 saturated carbocycles. The van der Waals surface area contributed by atoms with Crippen LogP contribution in [0.4, 0.5) is 5.69 Å². The van der Waals surface area contributed by atoms with Crippen LogP contribution < -0.4 is 0 Å².